The minimum Gasteiger partial charge on any atom is -0.497 e. The fraction of sp³-hybridized carbons (Fsp3) is 0.226. The van der Waals surface area contributed by atoms with Crippen molar-refractivity contribution in [2.75, 3.05) is 99.5 Å². The first-order valence-electron chi connectivity index (χ1n) is 43.7. The Morgan fingerprint density at radius 3 is 1.64 bits per heavy atom. The summed E-state index contributed by atoms with van der Waals surface area (Å²) in [5.41, 5.74) is 13.4. The highest BCUT2D eigenvalue weighted by atomic mass is 35.5. The Morgan fingerprint density at radius 1 is 0.442 bits per heavy atom. The average molecular weight is 1930 g/mol. The van der Waals surface area contributed by atoms with Crippen molar-refractivity contribution in [3.05, 3.63) is 282 Å². The molecular weight excluding hydrogens is 1810 g/mol. The van der Waals surface area contributed by atoms with Gasteiger partial charge in [0.1, 0.15) is 44.7 Å². The van der Waals surface area contributed by atoms with Gasteiger partial charge in [0, 0.05) is 144 Å². The number of para-hydroxylation sites is 5. The standard InChI is InChI=1S/2C13H17NO2.2C10H11NO.C9H8ClNO.C9H10N2O2.C9H10N2O.C9H8O2.C8H8N2O2.C8H9NOS.C8H7NOS/c1-9(2)14-8-13(16-4)11-7-10(15-3)5-6-12(11)14;1-4-7-14-9-13(16-3)11-8-10(15-2)5-6-12(11)14;1-11-9-6-4-3-5-8(9)7-10(11)12-2;1-7-8-5-3-4-6-9(8)11-10(7)12-2;1-12-9-8(10)6-4-2-3-5-7(6)11-9;1-12-8-4-3-6-7(11-8)5-9(10-6)13-2;1-11-8-6-4-3-5-7(8)9(10-11)12-2;1-10-9-6-11-8-5-3-2-4-7(8)9;1-12-8-4-6-5(10-8)2-3-7(11)9-6;1-9-6-3-4-11-7(6)5-8(9)10-2;1-10-7-5-6-3-2-4-9-8(6)11-7/h5-9H,1-4H3;5-6,8-9H,4,7H2,1-3H3;3-7H,1-2H3;3-6,11H,1-2H3;2-5,11H,1H3;3-5,10H,1-2H3;3-6H,1-2H3;2-6H,1H3;2-4,10H,1H3,(H,9,11);3-5H,1-2H3;2-5H,1H3. The predicted octanol–water partition coefficient (Wildman–Crippen LogP) is 24.8. The predicted molar refractivity (Wildman–Crippen MR) is 558 cm³/mol. The molecule has 138 heavy (non-hydrogen) atoms. The number of hydrogen-bond donors (Lipinski definition) is 5. The van der Waals surface area contributed by atoms with Crippen LogP contribution in [0.4, 0.5) is 0 Å². The summed E-state index contributed by atoms with van der Waals surface area (Å²) >= 11 is 9.30. The van der Waals surface area contributed by atoms with Crippen molar-refractivity contribution in [2.45, 2.75) is 46.7 Å². The highest BCUT2D eigenvalue weighted by Crippen LogP contribution is 2.38. The second kappa shape index (κ2) is 49.0. The van der Waals surface area contributed by atoms with E-state index in [2.05, 4.69) is 125 Å². The van der Waals surface area contributed by atoms with Crippen LogP contribution in [0.5, 0.6) is 80.9 Å². The Hall–Kier alpha value is -15.7. The first-order chi connectivity index (χ1) is 67.0. The van der Waals surface area contributed by atoms with Gasteiger partial charge in [-0.3, -0.25) is 9.48 Å². The van der Waals surface area contributed by atoms with Gasteiger partial charge in [0.05, 0.1) is 165 Å². The first kappa shape index (κ1) is 101. The van der Waals surface area contributed by atoms with Crippen LogP contribution in [0.15, 0.2) is 270 Å². The summed E-state index contributed by atoms with van der Waals surface area (Å²) in [6.07, 6.45) is 8.60. The number of H-pyrrole nitrogens is 5. The summed E-state index contributed by atoms with van der Waals surface area (Å²) in [5, 5.41) is 16.7. The maximum atomic E-state index is 10.9. The van der Waals surface area contributed by atoms with E-state index in [1.54, 1.807) is 153 Å². The number of nitrogens with zero attached hydrogens (tertiary/aromatic N) is 8. The zero-order valence-corrected chi connectivity index (χ0v) is 83.5. The zero-order valence-electron chi connectivity index (χ0n) is 81.1. The number of hydrogen-bond acceptors (Lipinski definition) is 21. The van der Waals surface area contributed by atoms with Gasteiger partial charge in [-0.15, -0.1) is 16.4 Å². The van der Waals surface area contributed by atoms with Gasteiger partial charge < -0.3 is 114 Å². The number of halogens is 1. The van der Waals surface area contributed by atoms with Crippen LogP contribution in [0.3, 0.4) is 0 Å². The molecule has 22 rings (SSSR count). The molecule has 15 heterocycles. The largest absolute Gasteiger partial charge is 0.497 e. The molecule has 0 spiro atoms. The normalized spacial score (nSPS) is 10.5. The summed E-state index contributed by atoms with van der Waals surface area (Å²) in [6.45, 7) is 9.54. The maximum absolute atomic E-state index is 10.9. The van der Waals surface area contributed by atoms with Gasteiger partial charge in [0.2, 0.25) is 23.2 Å². The molecule has 22 aromatic rings. The molecular formula is C106H116ClN13O16S2. The van der Waals surface area contributed by atoms with E-state index in [0.717, 1.165) is 146 Å². The first-order valence-corrected chi connectivity index (χ1v) is 45.8. The van der Waals surface area contributed by atoms with Crippen molar-refractivity contribution >= 4 is 153 Å². The van der Waals surface area contributed by atoms with E-state index >= 15 is 0 Å². The molecule has 0 fully saturated rings. The lowest BCUT2D eigenvalue weighted by Crippen LogP contribution is -2.00. The van der Waals surface area contributed by atoms with E-state index in [-0.39, 0.29) is 5.56 Å². The fourth-order valence-electron chi connectivity index (χ4n) is 15.0. The number of rotatable bonds is 17. The summed E-state index contributed by atoms with van der Waals surface area (Å²) in [7, 11) is 29.0. The quantitative estimate of drug-likeness (QED) is 0.0566. The molecule has 0 radical (unpaired) electrons. The summed E-state index contributed by atoms with van der Waals surface area (Å²) in [4.78, 5) is 35.3. The van der Waals surface area contributed by atoms with Crippen molar-refractivity contribution in [1.82, 2.24) is 62.9 Å². The van der Waals surface area contributed by atoms with E-state index in [4.69, 9.17) is 82.3 Å². The maximum Gasteiger partial charge on any atom is 0.248 e. The zero-order chi connectivity index (χ0) is 98.5. The molecule has 0 aliphatic rings. The number of aryl methyl sites for hydroxylation is 5. The lowest BCUT2D eigenvalue weighted by molar-refractivity contribution is 0.384. The lowest BCUT2D eigenvalue weighted by Gasteiger charge is -2.08. The highest BCUT2D eigenvalue weighted by Gasteiger charge is 2.16. The summed E-state index contributed by atoms with van der Waals surface area (Å²) in [5.74, 6) is 10.2. The van der Waals surface area contributed by atoms with Crippen molar-refractivity contribution in [2.24, 2.45) is 21.1 Å². The molecule has 29 nitrogen and oxygen atoms in total. The molecule has 0 saturated heterocycles. The fourth-order valence-corrected chi connectivity index (χ4v) is 16.9. The monoisotopic (exact) mass is 1930 g/mol. The van der Waals surface area contributed by atoms with Gasteiger partial charge in [0.15, 0.2) is 40.2 Å². The van der Waals surface area contributed by atoms with Crippen LogP contribution in [-0.2, 0) is 27.7 Å². The number of nitrogens with one attached hydrogen (secondary N) is 5. The number of fused-ring (bicyclic) bond motifs is 11. The summed E-state index contributed by atoms with van der Waals surface area (Å²) < 4.78 is 88.9. The SMILES string of the molecule is CCCn1cc(OC)c2cc(OC)ccc21.COc1[nH]c2ccccc2c1C.COc1[nH]c2ccccc2c1Cl.COc1cc2[nH]c(=O)ccc2[nH]1.COc1cc2ccccc2n1C.COc1cc2cccnc2s1.COc1cc2sccc2n1C.COc1ccc2[nH]c(OC)cc2n1.COc1ccc2c(c1)c(OC)cn2C(C)C.COc1coc2ccccc12.COc1nn(C)c2ccccc12. The Bertz CT molecular complexity index is 7470. The number of thiophene rings is 2. The van der Waals surface area contributed by atoms with Gasteiger partial charge in [-0.1, -0.05) is 115 Å². The molecule has 0 amide bonds. The molecule has 32 heteroatoms. The Kier molecular flexibility index (Phi) is 35.9. The Balaban J connectivity index is 0.000000136. The second-order valence-corrected chi connectivity index (χ2v) is 33.0. The smallest absolute Gasteiger partial charge is 0.248 e. The van der Waals surface area contributed by atoms with E-state index in [1.807, 2.05) is 211 Å². The van der Waals surface area contributed by atoms with Crippen molar-refractivity contribution in [3.8, 4) is 80.9 Å². The van der Waals surface area contributed by atoms with Crippen LogP contribution in [0, 0.1) is 6.92 Å². The number of methoxy groups -OCH3 is 14. The van der Waals surface area contributed by atoms with E-state index in [0.29, 0.717) is 40.5 Å². The highest BCUT2D eigenvalue weighted by molar-refractivity contribution is 7.20. The van der Waals surface area contributed by atoms with E-state index in [9.17, 15) is 4.79 Å². The number of furan rings is 1. The van der Waals surface area contributed by atoms with Crippen LogP contribution in [0.25, 0.3) is 119 Å². The van der Waals surface area contributed by atoms with Crippen LogP contribution in [0.1, 0.15) is 38.8 Å². The number of pyridine rings is 3. The number of ether oxygens (including phenoxy) is 14. The van der Waals surface area contributed by atoms with Gasteiger partial charge >= 0.3 is 0 Å². The molecule has 720 valence electrons. The van der Waals surface area contributed by atoms with Crippen molar-refractivity contribution < 1.29 is 70.7 Å². The van der Waals surface area contributed by atoms with E-state index in [1.165, 1.54) is 49.2 Å². The van der Waals surface area contributed by atoms with Crippen LogP contribution in [0.2, 0.25) is 5.02 Å². The number of aromatic nitrogens is 13. The Labute approximate surface area is 811 Å². The molecule has 0 bridgehead atoms. The van der Waals surface area contributed by atoms with Gasteiger partial charge in [-0.25, -0.2) is 9.97 Å². The van der Waals surface area contributed by atoms with E-state index < -0.39 is 0 Å². The third-order valence-electron chi connectivity index (χ3n) is 22.0. The molecule has 7 aromatic carbocycles. The third-order valence-corrected chi connectivity index (χ3v) is 24.3. The van der Waals surface area contributed by atoms with Crippen molar-refractivity contribution in [3.63, 3.8) is 0 Å². The summed E-state index contributed by atoms with van der Waals surface area (Å²) in [6, 6.07) is 75.1. The molecule has 0 atom stereocenters. The minimum absolute atomic E-state index is 0.107. The minimum atomic E-state index is -0.107. The van der Waals surface area contributed by atoms with Crippen LogP contribution in [-0.4, -0.2) is 162 Å². The molecule has 0 aliphatic carbocycles. The van der Waals surface area contributed by atoms with Gasteiger partial charge in [0.25, 0.3) is 0 Å². The third kappa shape index (κ3) is 24.5. The van der Waals surface area contributed by atoms with Crippen LogP contribution < -0.4 is 71.9 Å². The number of benzene rings is 7. The second-order valence-electron chi connectivity index (χ2n) is 30.7. The lowest BCUT2D eigenvalue weighted by atomic mass is 10.2. The topological polar surface area (TPSA) is 302 Å². The molecule has 0 aliphatic heterocycles. The Morgan fingerprint density at radius 2 is 1.03 bits per heavy atom. The van der Waals surface area contributed by atoms with Crippen molar-refractivity contribution in [1.29, 1.82) is 0 Å². The van der Waals surface area contributed by atoms with Gasteiger partial charge in [-0.2, -0.15) is 0 Å². The molecule has 15 aromatic heterocycles. The molecule has 0 saturated carbocycles. The van der Waals surface area contributed by atoms with Crippen LogP contribution >= 0.6 is 34.3 Å². The van der Waals surface area contributed by atoms with Gasteiger partial charge in [-0.05, 0) is 136 Å². The molecule has 0 unspecified atom stereocenters. The average Bonchev–Trinajstić information content (AvgIpc) is 1.63. The molecule has 5 N–H and O–H groups in total. The number of aromatic amines is 5.